The zero-order valence-electron chi connectivity index (χ0n) is 5.83. The first-order valence-electron chi connectivity index (χ1n) is 2.96. The fourth-order valence-corrected chi connectivity index (χ4v) is 0.630. The first kappa shape index (κ1) is 19.4. The summed E-state index contributed by atoms with van der Waals surface area (Å²) in [4.78, 5) is 0. The number of hydrogen-bond donors (Lipinski definition) is 2. The molecule has 0 bridgehead atoms. The van der Waals surface area contributed by atoms with Gasteiger partial charge in [0.05, 0.1) is 5.75 Å². The standard InChI is InChI=1S/C4H12N2O3S.2Na.2H/c1-2-10(7,8)9-6-4-3-5;;;;/h6H,2-5H2,1H3;;;;. The summed E-state index contributed by atoms with van der Waals surface area (Å²) in [7, 11) is -3.36. The Bertz CT molecular complexity index is 173. The van der Waals surface area contributed by atoms with Crippen LogP contribution in [0.25, 0.3) is 0 Å². The van der Waals surface area contributed by atoms with Crippen molar-refractivity contribution in [1.82, 2.24) is 5.48 Å². The average molecular weight is 216 g/mol. The van der Waals surface area contributed by atoms with Crippen molar-refractivity contribution in [2.45, 2.75) is 6.92 Å². The van der Waals surface area contributed by atoms with Crippen LogP contribution in [-0.4, -0.2) is 86.4 Å². The molecule has 5 nitrogen and oxygen atoms in total. The molecule has 0 fully saturated rings. The van der Waals surface area contributed by atoms with E-state index < -0.39 is 10.1 Å². The van der Waals surface area contributed by atoms with Crippen LogP contribution in [-0.2, 0) is 14.4 Å². The predicted molar refractivity (Wildman–Crippen MR) is 51.9 cm³/mol. The molecule has 0 rings (SSSR count). The fraction of sp³-hybridized carbons (Fsp3) is 1.00. The molecule has 0 aromatic rings. The van der Waals surface area contributed by atoms with Crippen LogP contribution in [0.4, 0.5) is 0 Å². The summed E-state index contributed by atoms with van der Waals surface area (Å²) >= 11 is 0. The quantitative estimate of drug-likeness (QED) is 0.302. The van der Waals surface area contributed by atoms with Crippen LogP contribution < -0.4 is 11.2 Å². The molecular weight excluding hydrogens is 202 g/mol. The van der Waals surface area contributed by atoms with Crippen molar-refractivity contribution in [2.75, 3.05) is 18.8 Å². The van der Waals surface area contributed by atoms with Gasteiger partial charge in [0, 0.05) is 13.1 Å². The fourth-order valence-electron chi connectivity index (χ4n) is 0.249. The molecule has 0 heterocycles. The van der Waals surface area contributed by atoms with Crippen LogP contribution in [0, 0.1) is 0 Å². The Labute approximate surface area is 117 Å². The summed E-state index contributed by atoms with van der Waals surface area (Å²) in [6.45, 7) is 2.18. The van der Waals surface area contributed by atoms with E-state index in [1.54, 1.807) is 0 Å². The van der Waals surface area contributed by atoms with Crippen LogP contribution in [0.5, 0.6) is 0 Å². The van der Waals surface area contributed by atoms with E-state index in [0.29, 0.717) is 13.1 Å². The molecule has 0 spiro atoms. The van der Waals surface area contributed by atoms with Crippen molar-refractivity contribution in [3.05, 3.63) is 0 Å². The first-order chi connectivity index (χ1) is 4.62. The van der Waals surface area contributed by atoms with Crippen molar-refractivity contribution in [3.63, 3.8) is 0 Å². The molecule has 0 unspecified atom stereocenters. The van der Waals surface area contributed by atoms with Gasteiger partial charge < -0.3 is 5.73 Å². The molecule has 0 saturated heterocycles. The third-order valence-corrected chi connectivity index (χ3v) is 1.86. The van der Waals surface area contributed by atoms with E-state index >= 15 is 0 Å². The Hall–Kier alpha value is 1.83. The van der Waals surface area contributed by atoms with Crippen LogP contribution in [0.1, 0.15) is 6.92 Å². The minimum atomic E-state index is -3.36. The summed E-state index contributed by atoms with van der Waals surface area (Å²) in [6.07, 6.45) is 0. The molecule has 0 aliphatic rings. The zero-order valence-corrected chi connectivity index (χ0v) is 6.65. The Morgan fingerprint density at radius 2 is 1.92 bits per heavy atom. The molecule has 0 radical (unpaired) electrons. The average Bonchev–Trinajstić information content (AvgIpc) is 1.89. The Morgan fingerprint density at radius 3 is 2.25 bits per heavy atom. The van der Waals surface area contributed by atoms with Gasteiger partial charge in [-0.25, -0.2) is 0 Å². The molecule has 0 aliphatic carbocycles. The monoisotopic (exact) mass is 216 g/mol. The molecule has 0 aromatic carbocycles. The van der Waals surface area contributed by atoms with E-state index in [1.165, 1.54) is 6.92 Å². The number of hydrogen-bond acceptors (Lipinski definition) is 5. The van der Waals surface area contributed by atoms with E-state index in [-0.39, 0.29) is 64.9 Å². The Kier molecular flexibility index (Phi) is 17.6. The molecule has 0 amide bonds. The molecule has 0 atom stereocenters. The van der Waals surface area contributed by atoms with Crippen LogP contribution in [0.2, 0.25) is 0 Å². The van der Waals surface area contributed by atoms with Gasteiger partial charge >= 0.3 is 59.1 Å². The van der Waals surface area contributed by atoms with Crippen molar-refractivity contribution in [3.8, 4) is 0 Å². The molecule has 8 heteroatoms. The van der Waals surface area contributed by atoms with Gasteiger partial charge in [0.1, 0.15) is 0 Å². The van der Waals surface area contributed by atoms with E-state index in [2.05, 4.69) is 9.76 Å². The molecule has 0 saturated carbocycles. The van der Waals surface area contributed by atoms with Gasteiger partial charge in [-0.05, 0) is 6.92 Å². The molecule has 3 N–H and O–H groups in total. The van der Waals surface area contributed by atoms with Gasteiger partial charge in [0.2, 0.25) is 0 Å². The molecule has 0 aromatic heterocycles. The second kappa shape index (κ2) is 10.9. The van der Waals surface area contributed by atoms with E-state index in [0.717, 1.165) is 0 Å². The number of nitrogens with one attached hydrogen (secondary N) is 1. The van der Waals surface area contributed by atoms with Crippen molar-refractivity contribution in [1.29, 1.82) is 0 Å². The number of hydroxylamine groups is 1. The Balaban J connectivity index is -0.000000405. The third kappa shape index (κ3) is 11.8. The second-order valence-electron chi connectivity index (χ2n) is 1.61. The minimum absolute atomic E-state index is 0. The SMILES string of the molecule is CCS(=O)(=O)ONCCN.[NaH].[NaH]. The number of nitrogens with two attached hydrogens (primary N) is 1. The van der Waals surface area contributed by atoms with Crippen LogP contribution in [0.15, 0.2) is 0 Å². The van der Waals surface area contributed by atoms with Gasteiger partial charge in [-0.2, -0.15) is 18.2 Å². The van der Waals surface area contributed by atoms with Crippen LogP contribution in [0.3, 0.4) is 0 Å². The third-order valence-electron chi connectivity index (χ3n) is 0.786. The normalized spacial score (nSPS) is 9.83. The van der Waals surface area contributed by atoms with Gasteiger partial charge in [0.15, 0.2) is 0 Å². The van der Waals surface area contributed by atoms with Gasteiger partial charge in [-0.3, -0.25) is 0 Å². The topological polar surface area (TPSA) is 81.4 Å². The molecule has 66 valence electrons. The summed E-state index contributed by atoms with van der Waals surface area (Å²) in [5, 5.41) is 0. The zero-order chi connectivity index (χ0) is 8.04. The summed E-state index contributed by atoms with van der Waals surface area (Å²) in [6, 6.07) is 0. The molecule has 12 heavy (non-hydrogen) atoms. The van der Waals surface area contributed by atoms with Crippen molar-refractivity contribution in [2.24, 2.45) is 5.73 Å². The predicted octanol–water partition coefficient (Wildman–Crippen LogP) is -2.48. The molecule has 0 aliphatic heterocycles. The maximum absolute atomic E-state index is 10.5. The van der Waals surface area contributed by atoms with Gasteiger partial charge in [-0.15, -0.1) is 0 Å². The van der Waals surface area contributed by atoms with E-state index in [1.807, 2.05) is 0 Å². The van der Waals surface area contributed by atoms with E-state index in [4.69, 9.17) is 5.73 Å². The van der Waals surface area contributed by atoms with Gasteiger partial charge in [-0.1, -0.05) is 0 Å². The van der Waals surface area contributed by atoms with Crippen molar-refractivity contribution < 1.29 is 12.7 Å². The van der Waals surface area contributed by atoms with E-state index in [9.17, 15) is 8.42 Å². The summed E-state index contributed by atoms with van der Waals surface area (Å²) in [5.74, 6) is -0.0371. The molecular formula is C4H14N2Na2O3S. The summed E-state index contributed by atoms with van der Waals surface area (Å²) in [5.41, 5.74) is 7.28. The van der Waals surface area contributed by atoms with Crippen molar-refractivity contribution >= 4 is 69.2 Å². The maximum atomic E-state index is 10.5. The summed E-state index contributed by atoms with van der Waals surface area (Å²) < 4.78 is 25.4. The first-order valence-corrected chi connectivity index (χ1v) is 4.54. The Morgan fingerprint density at radius 1 is 1.42 bits per heavy atom. The van der Waals surface area contributed by atoms with Crippen LogP contribution >= 0.6 is 0 Å². The second-order valence-corrected chi connectivity index (χ2v) is 3.47. The number of rotatable bonds is 5. The van der Waals surface area contributed by atoms with Gasteiger partial charge in [0.25, 0.3) is 10.1 Å².